The zero-order valence-corrected chi connectivity index (χ0v) is 23.9. The monoisotopic (exact) mass is 587 g/mol. The van der Waals surface area contributed by atoms with Crippen LogP contribution in [0.15, 0.2) is 110 Å². The molecule has 1 fully saturated rings. The number of carbonyl (C=O) groups is 2. The van der Waals surface area contributed by atoms with Crippen LogP contribution >= 0.6 is 0 Å². The maximum absolute atomic E-state index is 12.4. The second kappa shape index (κ2) is 11.9. The Balaban J connectivity index is 1.57. The van der Waals surface area contributed by atoms with E-state index in [-0.39, 0.29) is 19.0 Å². The summed E-state index contributed by atoms with van der Waals surface area (Å²) in [5, 5.41) is 17.7. The first kappa shape index (κ1) is 28.4. The summed E-state index contributed by atoms with van der Waals surface area (Å²) < 4.78 is 13.8. The van der Waals surface area contributed by atoms with E-state index in [1.807, 2.05) is 84.9 Å². The minimum Gasteiger partial charge on any atom is -0.478 e. The molecule has 6 rings (SSSR count). The highest BCUT2D eigenvalue weighted by Crippen LogP contribution is 2.46. The van der Waals surface area contributed by atoms with Gasteiger partial charge < -0.3 is 24.8 Å². The van der Waals surface area contributed by atoms with E-state index in [0.717, 1.165) is 17.3 Å². The maximum Gasteiger partial charge on any atom is 0.328 e. The molecule has 10 nitrogen and oxygen atoms in total. The number of carbonyl (C=O) groups excluding carboxylic acids is 1. The van der Waals surface area contributed by atoms with Crippen LogP contribution in [0.4, 0.5) is 11.5 Å². The number of benzene rings is 3. The van der Waals surface area contributed by atoms with Crippen molar-refractivity contribution in [2.75, 3.05) is 25.5 Å². The van der Waals surface area contributed by atoms with Gasteiger partial charge in [-0.3, -0.25) is 4.79 Å². The third kappa shape index (κ3) is 5.30. The molecule has 220 valence electrons. The summed E-state index contributed by atoms with van der Waals surface area (Å²) in [6.07, 6.45) is 5.32. The Kier molecular flexibility index (Phi) is 7.65. The van der Waals surface area contributed by atoms with Crippen molar-refractivity contribution in [1.29, 1.82) is 0 Å². The summed E-state index contributed by atoms with van der Waals surface area (Å²) >= 11 is 0. The molecule has 10 heteroatoms. The van der Waals surface area contributed by atoms with Gasteiger partial charge in [-0.2, -0.15) is 5.10 Å². The van der Waals surface area contributed by atoms with E-state index in [9.17, 15) is 14.7 Å². The number of amides is 1. The van der Waals surface area contributed by atoms with Gasteiger partial charge in [0.1, 0.15) is 28.9 Å². The smallest absolute Gasteiger partial charge is 0.328 e. The number of hydrogen-bond acceptors (Lipinski definition) is 7. The van der Waals surface area contributed by atoms with Crippen molar-refractivity contribution in [1.82, 2.24) is 19.5 Å². The fourth-order valence-electron chi connectivity index (χ4n) is 5.45. The first-order valence-corrected chi connectivity index (χ1v) is 13.9. The number of carboxylic acid groups (broad SMARTS) is 1. The molecule has 0 saturated carbocycles. The summed E-state index contributed by atoms with van der Waals surface area (Å²) in [5.74, 6) is 0.510. The molecule has 1 amide bonds. The van der Waals surface area contributed by atoms with Crippen LogP contribution in [0, 0.1) is 0 Å². The Labute approximate surface area is 253 Å². The van der Waals surface area contributed by atoms with Crippen molar-refractivity contribution in [2.24, 2.45) is 0 Å². The molecule has 5 aromatic rings. The summed E-state index contributed by atoms with van der Waals surface area (Å²) in [4.78, 5) is 30.5. The van der Waals surface area contributed by atoms with Crippen LogP contribution in [0.2, 0.25) is 0 Å². The molecule has 0 spiro atoms. The molecule has 1 aliphatic rings. The van der Waals surface area contributed by atoms with Crippen molar-refractivity contribution in [3.63, 3.8) is 0 Å². The highest BCUT2D eigenvalue weighted by atomic mass is 16.5. The van der Waals surface area contributed by atoms with Gasteiger partial charge in [0, 0.05) is 30.0 Å². The molecule has 1 saturated heterocycles. The number of rotatable bonds is 10. The number of para-hydroxylation sites is 2. The lowest BCUT2D eigenvalue weighted by Crippen LogP contribution is -2.62. The molecule has 3 aromatic carbocycles. The van der Waals surface area contributed by atoms with Gasteiger partial charge in [-0.15, -0.1) is 0 Å². The normalized spacial score (nSPS) is 13.9. The minimum absolute atomic E-state index is 0.225. The molecule has 0 unspecified atom stereocenters. The number of carboxylic acids is 1. The Morgan fingerprint density at radius 3 is 2.27 bits per heavy atom. The standard InChI is InChI=1S/C34H29N5O5/c1-3-28(40)38-20-34(21-38,43-2)32-27(18-19-29(41)42)30(23-14-16-26(17-15-23)44-25-12-8-5-9-13-25)31-33(35-22-36-39(31)32)37-24-10-6-4-7-11-24/h3-19,22H,1,20-21H2,2H3,(H,41,42)(H,35,36,37). The van der Waals surface area contributed by atoms with Crippen molar-refractivity contribution in [2.45, 2.75) is 5.60 Å². The van der Waals surface area contributed by atoms with Crippen LogP contribution in [-0.2, 0) is 19.9 Å². The van der Waals surface area contributed by atoms with Gasteiger partial charge in [-0.1, -0.05) is 55.1 Å². The number of anilines is 2. The average Bonchev–Trinajstić information content (AvgIpc) is 3.36. The lowest BCUT2D eigenvalue weighted by molar-refractivity contribution is -0.161. The largest absolute Gasteiger partial charge is 0.478 e. The van der Waals surface area contributed by atoms with E-state index in [4.69, 9.17) is 9.47 Å². The zero-order chi connectivity index (χ0) is 30.7. The van der Waals surface area contributed by atoms with Crippen molar-refractivity contribution in [3.8, 4) is 22.6 Å². The van der Waals surface area contributed by atoms with E-state index >= 15 is 0 Å². The van der Waals surface area contributed by atoms with E-state index in [2.05, 4.69) is 22.0 Å². The number of nitrogens with one attached hydrogen (secondary N) is 1. The van der Waals surface area contributed by atoms with Gasteiger partial charge in [-0.05, 0) is 54.1 Å². The van der Waals surface area contributed by atoms with Gasteiger partial charge in [0.2, 0.25) is 5.91 Å². The van der Waals surface area contributed by atoms with Crippen LogP contribution in [0.1, 0.15) is 11.3 Å². The lowest BCUT2D eigenvalue weighted by atomic mass is 9.85. The molecular formula is C34H29N5O5. The van der Waals surface area contributed by atoms with Crippen LogP contribution in [-0.4, -0.2) is 56.7 Å². The number of hydrogen-bond donors (Lipinski definition) is 2. The quantitative estimate of drug-likeness (QED) is 0.194. The number of fused-ring (bicyclic) bond motifs is 1. The summed E-state index contributed by atoms with van der Waals surface area (Å²) in [7, 11) is 1.57. The van der Waals surface area contributed by atoms with Gasteiger partial charge in [0.05, 0.1) is 18.8 Å². The van der Waals surface area contributed by atoms with Crippen molar-refractivity contribution in [3.05, 3.63) is 121 Å². The molecule has 1 aliphatic heterocycles. The molecule has 0 bridgehead atoms. The third-order valence-electron chi connectivity index (χ3n) is 7.52. The van der Waals surface area contributed by atoms with Crippen LogP contribution in [0.5, 0.6) is 11.5 Å². The SMILES string of the molecule is C=CC(=O)N1CC(OC)(c2c(C=CC(=O)O)c(-c3ccc(Oc4ccccc4)cc3)c3c(Nc4ccccc4)ncnn23)C1. The van der Waals surface area contributed by atoms with Gasteiger partial charge in [0.15, 0.2) is 5.82 Å². The Hall–Kier alpha value is -5.74. The number of ether oxygens (including phenoxy) is 2. The van der Waals surface area contributed by atoms with Gasteiger partial charge >= 0.3 is 5.97 Å². The minimum atomic E-state index is -1.11. The predicted octanol–water partition coefficient (Wildman–Crippen LogP) is 5.90. The summed E-state index contributed by atoms with van der Waals surface area (Å²) in [6.45, 7) is 4.05. The van der Waals surface area contributed by atoms with Gasteiger partial charge in [-0.25, -0.2) is 14.3 Å². The first-order chi connectivity index (χ1) is 21.4. The highest BCUT2D eigenvalue weighted by Gasteiger charge is 2.50. The van der Waals surface area contributed by atoms with E-state index < -0.39 is 11.6 Å². The highest BCUT2D eigenvalue weighted by molar-refractivity contribution is 5.99. The van der Waals surface area contributed by atoms with Crippen LogP contribution in [0.25, 0.3) is 22.7 Å². The van der Waals surface area contributed by atoms with E-state index in [1.54, 1.807) is 22.6 Å². The number of aliphatic carboxylic acids is 1. The molecule has 0 atom stereocenters. The molecule has 2 N–H and O–H groups in total. The van der Waals surface area contributed by atoms with Crippen LogP contribution < -0.4 is 10.1 Å². The number of nitrogens with zero attached hydrogens (tertiary/aromatic N) is 4. The third-order valence-corrected chi connectivity index (χ3v) is 7.52. The predicted molar refractivity (Wildman–Crippen MR) is 167 cm³/mol. The zero-order valence-electron chi connectivity index (χ0n) is 23.9. The molecule has 0 aliphatic carbocycles. The summed E-state index contributed by atoms with van der Waals surface area (Å²) in [6, 6.07) is 26.6. The lowest BCUT2D eigenvalue weighted by Gasteiger charge is -2.48. The number of likely N-dealkylation sites (tertiary alicyclic amines) is 1. The van der Waals surface area contributed by atoms with E-state index in [0.29, 0.717) is 39.7 Å². The molecule has 2 aromatic heterocycles. The van der Waals surface area contributed by atoms with Crippen molar-refractivity contribution >= 4 is 35.0 Å². The molecule has 3 heterocycles. The number of methoxy groups -OCH3 is 1. The van der Waals surface area contributed by atoms with Crippen molar-refractivity contribution < 1.29 is 24.2 Å². The van der Waals surface area contributed by atoms with Crippen LogP contribution in [0.3, 0.4) is 0 Å². The molecule has 0 radical (unpaired) electrons. The van der Waals surface area contributed by atoms with Gasteiger partial charge in [0.25, 0.3) is 0 Å². The second-order valence-electron chi connectivity index (χ2n) is 10.2. The Morgan fingerprint density at radius 1 is 0.977 bits per heavy atom. The van der Waals surface area contributed by atoms with E-state index in [1.165, 1.54) is 12.4 Å². The average molecular weight is 588 g/mol. The summed E-state index contributed by atoms with van der Waals surface area (Å²) in [5.41, 5.74) is 3.07. The fourth-order valence-corrected chi connectivity index (χ4v) is 5.45. The maximum atomic E-state index is 12.4. The molecule has 44 heavy (non-hydrogen) atoms. The first-order valence-electron chi connectivity index (χ1n) is 13.9. The molecular weight excluding hydrogens is 558 g/mol. The topological polar surface area (TPSA) is 118 Å². The Bertz CT molecular complexity index is 1860. The number of aromatic nitrogens is 3. The second-order valence-corrected chi connectivity index (χ2v) is 10.2. The fraction of sp³-hybridized carbons (Fsp3) is 0.118. The Morgan fingerprint density at radius 2 is 1.64 bits per heavy atom.